The Hall–Kier alpha value is -3.42. The maximum Gasteiger partial charge on any atom is 0.326 e. The number of carbonyl (C=O) groups excluding carboxylic acids is 3. The van der Waals surface area contributed by atoms with Crippen molar-refractivity contribution < 1.29 is 34.2 Å². The van der Waals surface area contributed by atoms with Gasteiger partial charge in [-0.1, -0.05) is 13.8 Å². The van der Waals surface area contributed by atoms with E-state index in [1.165, 1.54) is 4.90 Å². The lowest BCUT2D eigenvalue weighted by atomic mass is 10.0. The zero-order valence-corrected chi connectivity index (χ0v) is 20.1. The third-order valence-corrected chi connectivity index (χ3v) is 5.63. The largest absolute Gasteiger partial charge is 0.481 e. The second-order valence-electron chi connectivity index (χ2n) is 8.81. The minimum Gasteiger partial charge on any atom is -0.481 e. The quantitative estimate of drug-likeness (QED) is 0.0781. The van der Waals surface area contributed by atoms with Crippen LogP contribution in [-0.4, -0.2) is 88.0 Å². The lowest BCUT2D eigenvalue weighted by Crippen LogP contribution is -2.57. The van der Waals surface area contributed by atoms with E-state index >= 15 is 0 Å². The monoisotopic (exact) mass is 499 g/mol. The Morgan fingerprint density at radius 1 is 1.09 bits per heavy atom. The van der Waals surface area contributed by atoms with Crippen molar-refractivity contribution in [1.29, 1.82) is 0 Å². The maximum absolute atomic E-state index is 13.3. The third-order valence-electron chi connectivity index (χ3n) is 5.63. The lowest BCUT2D eigenvalue weighted by molar-refractivity contribution is -0.146. The highest BCUT2D eigenvalue weighted by Crippen LogP contribution is 2.20. The Bertz CT molecular complexity index is 814. The van der Waals surface area contributed by atoms with Gasteiger partial charge in [0.05, 0.1) is 6.04 Å². The molecule has 0 aromatic carbocycles. The van der Waals surface area contributed by atoms with E-state index < -0.39 is 60.2 Å². The van der Waals surface area contributed by atoms with E-state index in [0.29, 0.717) is 19.3 Å². The number of hydrogen-bond acceptors (Lipinski definition) is 7. The molecule has 1 fully saturated rings. The van der Waals surface area contributed by atoms with E-state index in [0.717, 1.165) is 0 Å². The summed E-state index contributed by atoms with van der Waals surface area (Å²) in [4.78, 5) is 66.2. The molecule has 1 saturated heterocycles. The van der Waals surface area contributed by atoms with Crippen molar-refractivity contribution in [2.75, 3.05) is 13.1 Å². The minimum atomic E-state index is -1.21. The first-order chi connectivity index (χ1) is 16.3. The fourth-order valence-electron chi connectivity index (χ4n) is 3.72. The van der Waals surface area contributed by atoms with Gasteiger partial charge >= 0.3 is 11.9 Å². The molecule has 0 bridgehead atoms. The number of carbonyl (C=O) groups is 5. The summed E-state index contributed by atoms with van der Waals surface area (Å²) in [6.45, 7) is 3.77. The molecular formula is C21H37N7O7. The highest BCUT2D eigenvalue weighted by atomic mass is 16.4. The molecule has 10 N–H and O–H groups in total. The molecular weight excluding hydrogens is 462 g/mol. The van der Waals surface area contributed by atoms with Crippen LogP contribution in [0.3, 0.4) is 0 Å². The molecule has 14 heteroatoms. The third kappa shape index (κ3) is 9.76. The fourth-order valence-corrected chi connectivity index (χ4v) is 3.72. The molecule has 14 nitrogen and oxygen atoms in total. The SMILES string of the molecule is CC(C)C(NC(=O)C1CCCN1C(=O)C(CCC(=O)O)NC(=O)C(N)CCCN=C(N)N)C(=O)O. The van der Waals surface area contributed by atoms with Crippen molar-refractivity contribution in [1.82, 2.24) is 15.5 Å². The Kier molecular flexibility index (Phi) is 11.9. The second kappa shape index (κ2) is 14.1. The number of nitrogens with two attached hydrogens (primary N) is 3. The fraction of sp³-hybridized carbons (Fsp3) is 0.714. The molecule has 1 aliphatic heterocycles. The molecule has 4 atom stereocenters. The van der Waals surface area contributed by atoms with Crippen molar-refractivity contribution in [3.05, 3.63) is 0 Å². The van der Waals surface area contributed by atoms with E-state index in [1.807, 2.05) is 0 Å². The molecule has 35 heavy (non-hydrogen) atoms. The average Bonchev–Trinajstić information content (AvgIpc) is 3.26. The van der Waals surface area contributed by atoms with Crippen LogP contribution < -0.4 is 27.8 Å². The number of guanidine groups is 1. The van der Waals surface area contributed by atoms with Gasteiger partial charge in [-0.15, -0.1) is 0 Å². The van der Waals surface area contributed by atoms with E-state index in [-0.39, 0.29) is 37.8 Å². The van der Waals surface area contributed by atoms with E-state index in [2.05, 4.69) is 15.6 Å². The van der Waals surface area contributed by atoms with Crippen LogP contribution >= 0.6 is 0 Å². The Morgan fingerprint density at radius 2 is 1.74 bits per heavy atom. The summed E-state index contributed by atoms with van der Waals surface area (Å²) in [5, 5.41) is 23.4. The minimum absolute atomic E-state index is 0.0883. The van der Waals surface area contributed by atoms with Crippen LogP contribution in [0.2, 0.25) is 0 Å². The first kappa shape index (κ1) is 29.6. The molecule has 0 aromatic rings. The summed E-state index contributed by atoms with van der Waals surface area (Å²) in [7, 11) is 0. The number of carboxylic acid groups (broad SMARTS) is 2. The van der Waals surface area contributed by atoms with Gasteiger partial charge < -0.3 is 42.9 Å². The summed E-state index contributed by atoms with van der Waals surface area (Å²) in [6.07, 6.45) is 0.849. The first-order valence-corrected chi connectivity index (χ1v) is 11.5. The number of nitrogens with one attached hydrogen (secondary N) is 2. The summed E-state index contributed by atoms with van der Waals surface area (Å²) in [6, 6.07) is -4.25. The second-order valence-corrected chi connectivity index (χ2v) is 8.81. The summed E-state index contributed by atoms with van der Waals surface area (Å²) < 4.78 is 0. The van der Waals surface area contributed by atoms with Gasteiger partial charge in [0.25, 0.3) is 0 Å². The first-order valence-electron chi connectivity index (χ1n) is 11.5. The smallest absolute Gasteiger partial charge is 0.326 e. The maximum atomic E-state index is 13.3. The zero-order valence-electron chi connectivity index (χ0n) is 20.1. The van der Waals surface area contributed by atoms with Crippen LogP contribution in [0.1, 0.15) is 52.4 Å². The Balaban J connectivity index is 2.91. The van der Waals surface area contributed by atoms with Gasteiger partial charge in [-0.25, -0.2) is 4.79 Å². The predicted molar refractivity (Wildman–Crippen MR) is 126 cm³/mol. The zero-order chi connectivity index (χ0) is 26.7. The van der Waals surface area contributed by atoms with Crippen LogP contribution in [-0.2, 0) is 24.0 Å². The standard InChI is InChI=1S/C21H37N7O7/c1-11(2)16(20(34)35)27-18(32)14-6-4-10-28(14)19(33)13(7-8-15(29)30)26-17(31)12(22)5-3-9-25-21(23)24/h11-14,16H,3-10,22H2,1-2H3,(H,26,31)(H,27,32)(H,29,30)(H,34,35)(H4,23,24,25). The summed E-state index contributed by atoms with van der Waals surface area (Å²) in [5.74, 6) is -4.70. The molecule has 0 spiro atoms. The Labute approximate surface area is 203 Å². The molecule has 4 unspecified atom stereocenters. The number of likely N-dealkylation sites (tertiary alicyclic amines) is 1. The molecule has 198 valence electrons. The van der Waals surface area contributed by atoms with E-state index in [9.17, 15) is 29.1 Å². The van der Waals surface area contributed by atoms with Gasteiger partial charge in [0.15, 0.2) is 5.96 Å². The van der Waals surface area contributed by atoms with E-state index in [4.69, 9.17) is 22.3 Å². The molecule has 0 saturated carbocycles. The number of rotatable bonds is 14. The number of hydrogen-bond donors (Lipinski definition) is 7. The molecule has 0 aromatic heterocycles. The molecule has 0 radical (unpaired) electrons. The predicted octanol–water partition coefficient (Wildman–Crippen LogP) is -2.07. The number of amides is 3. The Morgan fingerprint density at radius 3 is 2.29 bits per heavy atom. The molecule has 1 rings (SSSR count). The number of aliphatic imine (C=N–C) groups is 1. The van der Waals surface area contributed by atoms with Crippen LogP contribution in [0.15, 0.2) is 4.99 Å². The van der Waals surface area contributed by atoms with Gasteiger partial charge in [-0.3, -0.25) is 24.2 Å². The van der Waals surface area contributed by atoms with Crippen LogP contribution in [0.25, 0.3) is 0 Å². The van der Waals surface area contributed by atoms with Gasteiger partial charge in [0.2, 0.25) is 17.7 Å². The van der Waals surface area contributed by atoms with Gasteiger partial charge in [-0.05, 0) is 38.0 Å². The van der Waals surface area contributed by atoms with Gasteiger partial charge in [-0.2, -0.15) is 0 Å². The molecule has 1 heterocycles. The average molecular weight is 500 g/mol. The van der Waals surface area contributed by atoms with Crippen molar-refractivity contribution in [2.24, 2.45) is 28.1 Å². The number of aliphatic carboxylic acids is 2. The van der Waals surface area contributed by atoms with Crippen LogP contribution in [0.5, 0.6) is 0 Å². The van der Waals surface area contributed by atoms with Gasteiger partial charge in [0.1, 0.15) is 18.1 Å². The molecule has 3 amide bonds. The molecule has 0 aliphatic carbocycles. The summed E-state index contributed by atoms with van der Waals surface area (Å²) in [5.41, 5.74) is 16.4. The van der Waals surface area contributed by atoms with Crippen LogP contribution in [0.4, 0.5) is 0 Å². The normalized spacial score (nSPS) is 17.8. The highest BCUT2D eigenvalue weighted by molar-refractivity contribution is 5.94. The summed E-state index contributed by atoms with van der Waals surface area (Å²) >= 11 is 0. The molecule has 1 aliphatic rings. The van der Waals surface area contributed by atoms with Crippen molar-refractivity contribution in [3.63, 3.8) is 0 Å². The van der Waals surface area contributed by atoms with E-state index in [1.54, 1.807) is 13.8 Å². The number of carboxylic acids is 2. The highest BCUT2D eigenvalue weighted by Gasteiger charge is 2.39. The van der Waals surface area contributed by atoms with Crippen molar-refractivity contribution in [3.8, 4) is 0 Å². The van der Waals surface area contributed by atoms with Crippen molar-refractivity contribution in [2.45, 2.75) is 76.5 Å². The lowest BCUT2D eigenvalue weighted by Gasteiger charge is -2.30. The van der Waals surface area contributed by atoms with Crippen molar-refractivity contribution >= 4 is 35.6 Å². The number of nitrogens with zero attached hydrogens (tertiary/aromatic N) is 2. The topological polar surface area (TPSA) is 244 Å². The van der Waals surface area contributed by atoms with Crippen LogP contribution in [0, 0.1) is 5.92 Å². The van der Waals surface area contributed by atoms with Gasteiger partial charge in [0, 0.05) is 19.5 Å².